The van der Waals surface area contributed by atoms with Gasteiger partial charge in [-0.25, -0.2) is 4.39 Å². The van der Waals surface area contributed by atoms with Gasteiger partial charge in [0, 0.05) is 44.7 Å². The lowest BCUT2D eigenvalue weighted by Gasteiger charge is -2.40. The molecule has 0 radical (unpaired) electrons. The standard InChI is InChI=1S/C22H29ClFN3O3/c1-22(2,3)21(30)27-8-4-5-15(14-27)19(28)25-9-11-26(12-10-25)20(29)17-7-6-16(24)13-18(17)23/h6-7,13,15H,4-5,8-12,14H2,1-3H3. The number of halogens is 2. The first-order valence-electron chi connectivity index (χ1n) is 10.4. The first kappa shape index (κ1) is 22.5. The Balaban J connectivity index is 1.57. The number of likely N-dealkylation sites (tertiary alicyclic amines) is 1. The monoisotopic (exact) mass is 437 g/mol. The van der Waals surface area contributed by atoms with Crippen molar-refractivity contribution in [1.29, 1.82) is 0 Å². The van der Waals surface area contributed by atoms with Gasteiger partial charge in [-0.15, -0.1) is 0 Å². The molecule has 30 heavy (non-hydrogen) atoms. The van der Waals surface area contributed by atoms with E-state index in [-0.39, 0.29) is 34.2 Å². The molecule has 1 aromatic rings. The van der Waals surface area contributed by atoms with Crippen LogP contribution >= 0.6 is 11.6 Å². The molecule has 0 saturated carbocycles. The summed E-state index contributed by atoms with van der Waals surface area (Å²) in [5, 5.41) is 0.0873. The van der Waals surface area contributed by atoms with Crippen molar-refractivity contribution >= 4 is 29.3 Å². The number of nitrogens with zero attached hydrogens (tertiary/aromatic N) is 3. The van der Waals surface area contributed by atoms with Crippen molar-refractivity contribution in [3.63, 3.8) is 0 Å². The van der Waals surface area contributed by atoms with E-state index >= 15 is 0 Å². The first-order chi connectivity index (χ1) is 14.1. The van der Waals surface area contributed by atoms with Crippen LogP contribution in [0.1, 0.15) is 44.0 Å². The maximum atomic E-state index is 13.2. The highest BCUT2D eigenvalue weighted by Gasteiger charge is 2.36. The highest BCUT2D eigenvalue weighted by Crippen LogP contribution is 2.25. The molecule has 3 rings (SSSR count). The van der Waals surface area contributed by atoms with E-state index in [9.17, 15) is 18.8 Å². The van der Waals surface area contributed by atoms with Crippen molar-refractivity contribution in [2.45, 2.75) is 33.6 Å². The molecule has 0 spiro atoms. The van der Waals surface area contributed by atoms with Gasteiger partial charge in [0.1, 0.15) is 5.82 Å². The second-order valence-corrected chi connectivity index (χ2v) is 9.49. The molecule has 1 atom stereocenters. The topological polar surface area (TPSA) is 60.9 Å². The third-order valence-electron chi connectivity index (χ3n) is 5.74. The number of carbonyl (C=O) groups is 3. The average molecular weight is 438 g/mol. The molecular weight excluding hydrogens is 409 g/mol. The molecule has 2 aliphatic rings. The van der Waals surface area contributed by atoms with Crippen LogP contribution in [0.25, 0.3) is 0 Å². The molecule has 8 heteroatoms. The second-order valence-electron chi connectivity index (χ2n) is 9.08. The van der Waals surface area contributed by atoms with Crippen molar-refractivity contribution in [3.8, 4) is 0 Å². The van der Waals surface area contributed by atoms with E-state index in [1.165, 1.54) is 12.1 Å². The Labute approximate surface area is 181 Å². The van der Waals surface area contributed by atoms with E-state index in [0.717, 1.165) is 18.9 Å². The number of amides is 3. The number of benzene rings is 1. The molecule has 164 valence electrons. The van der Waals surface area contributed by atoms with Gasteiger partial charge < -0.3 is 14.7 Å². The van der Waals surface area contributed by atoms with Crippen molar-refractivity contribution in [3.05, 3.63) is 34.6 Å². The Bertz CT molecular complexity index is 831. The molecule has 6 nitrogen and oxygen atoms in total. The van der Waals surface area contributed by atoms with Gasteiger partial charge in [-0.05, 0) is 31.0 Å². The Morgan fingerprint density at radius 2 is 1.63 bits per heavy atom. The molecule has 0 N–H and O–H groups in total. The summed E-state index contributed by atoms with van der Waals surface area (Å²) in [6.45, 7) is 8.50. The van der Waals surface area contributed by atoms with Gasteiger partial charge >= 0.3 is 0 Å². The van der Waals surface area contributed by atoms with Crippen LogP contribution in [0, 0.1) is 17.2 Å². The largest absolute Gasteiger partial charge is 0.341 e. The smallest absolute Gasteiger partial charge is 0.255 e. The summed E-state index contributed by atoms with van der Waals surface area (Å²) < 4.78 is 13.2. The normalized spacial score (nSPS) is 20.3. The fraction of sp³-hybridized carbons (Fsp3) is 0.591. The second kappa shape index (κ2) is 8.92. The maximum Gasteiger partial charge on any atom is 0.255 e. The zero-order valence-electron chi connectivity index (χ0n) is 17.8. The minimum Gasteiger partial charge on any atom is -0.341 e. The van der Waals surface area contributed by atoms with E-state index in [2.05, 4.69) is 0 Å². The van der Waals surface area contributed by atoms with E-state index in [4.69, 9.17) is 11.6 Å². The van der Waals surface area contributed by atoms with Crippen LogP contribution in [0.2, 0.25) is 5.02 Å². The zero-order valence-corrected chi connectivity index (χ0v) is 18.5. The Kier molecular flexibility index (Phi) is 6.70. The van der Waals surface area contributed by atoms with Crippen molar-refractivity contribution in [2.75, 3.05) is 39.3 Å². The lowest BCUT2D eigenvalue weighted by atomic mass is 9.90. The first-order valence-corrected chi connectivity index (χ1v) is 10.8. The van der Waals surface area contributed by atoms with Gasteiger partial charge in [-0.1, -0.05) is 32.4 Å². The fourth-order valence-electron chi connectivity index (χ4n) is 4.06. The average Bonchev–Trinajstić information content (AvgIpc) is 2.72. The predicted octanol–water partition coefficient (Wildman–Crippen LogP) is 3.05. The lowest BCUT2D eigenvalue weighted by molar-refractivity contribution is -0.146. The van der Waals surface area contributed by atoms with Gasteiger partial charge in [-0.3, -0.25) is 14.4 Å². The molecule has 2 aliphatic heterocycles. The zero-order chi connectivity index (χ0) is 22.1. The summed E-state index contributed by atoms with van der Waals surface area (Å²) in [5.41, 5.74) is -0.195. The van der Waals surface area contributed by atoms with E-state index in [0.29, 0.717) is 39.3 Å². The summed E-state index contributed by atoms with van der Waals surface area (Å²) in [4.78, 5) is 43.5. The third-order valence-corrected chi connectivity index (χ3v) is 6.05. The van der Waals surface area contributed by atoms with Gasteiger partial charge in [0.25, 0.3) is 5.91 Å². The van der Waals surface area contributed by atoms with Crippen LogP contribution in [0.4, 0.5) is 4.39 Å². The van der Waals surface area contributed by atoms with E-state index in [1.807, 2.05) is 25.7 Å². The summed E-state index contributed by atoms with van der Waals surface area (Å²) in [7, 11) is 0. The number of rotatable bonds is 2. The number of hydrogen-bond acceptors (Lipinski definition) is 3. The molecule has 2 fully saturated rings. The Morgan fingerprint density at radius 3 is 2.23 bits per heavy atom. The quantitative estimate of drug-likeness (QED) is 0.714. The fourth-order valence-corrected chi connectivity index (χ4v) is 4.31. The van der Waals surface area contributed by atoms with Gasteiger partial charge in [0.05, 0.1) is 16.5 Å². The van der Waals surface area contributed by atoms with Crippen LogP contribution in [-0.2, 0) is 9.59 Å². The SMILES string of the molecule is CC(C)(C)C(=O)N1CCCC(C(=O)N2CCN(C(=O)c3ccc(F)cc3Cl)CC2)C1. The molecule has 0 aromatic heterocycles. The van der Waals surface area contributed by atoms with Crippen LogP contribution in [-0.4, -0.2) is 71.7 Å². The summed E-state index contributed by atoms with van der Waals surface area (Å²) in [5.74, 6) is -0.816. The van der Waals surface area contributed by atoms with Crippen LogP contribution < -0.4 is 0 Å². The van der Waals surface area contributed by atoms with E-state index in [1.54, 1.807) is 9.80 Å². The highest BCUT2D eigenvalue weighted by molar-refractivity contribution is 6.33. The van der Waals surface area contributed by atoms with Crippen molar-refractivity contribution < 1.29 is 18.8 Å². The number of piperazine rings is 1. The molecule has 2 heterocycles. The number of piperidine rings is 1. The molecule has 0 bridgehead atoms. The van der Waals surface area contributed by atoms with Crippen LogP contribution in [0.3, 0.4) is 0 Å². The third kappa shape index (κ3) is 4.94. The molecular formula is C22H29ClFN3O3. The van der Waals surface area contributed by atoms with Gasteiger partial charge in [0.2, 0.25) is 11.8 Å². The molecule has 1 unspecified atom stereocenters. The summed E-state index contributed by atoms with van der Waals surface area (Å²) >= 11 is 6.01. The molecule has 1 aromatic carbocycles. The Morgan fingerprint density at radius 1 is 1.00 bits per heavy atom. The van der Waals surface area contributed by atoms with E-state index < -0.39 is 11.2 Å². The minimum atomic E-state index is -0.488. The summed E-state index contributed by atoms with van der Waals surface area (Å²) in [6.07, 6.45) is 1.59. The van der Waals surface area contributed by atoms with Gasteiger partial charge in [0.15, 0.2) is 0 Å². The summed E-state index contributed by atoms with van der Waals surface area (Å²) in [6, 6.07) is 3.73. The van der Waals surface area contributed by atoms with Crippen LogP contribution in [0.15, 0.2) is 18.2 Å². The maximum absolute atomic E-state index is 13.2. The van der Waals surface area contributed by atoms with Crippen molar-refractivity contribution in [2.24, 2.45) is 11.3 Å². The van der Waals surface area contributed by atoms with Crippen LogP contribution in [0.5, 0.6) is 0 Å². The Hall–Kier alpha value is -2.15. The van der Waals surface area contributed by atoms with Crippen molar-refractivity contribution in [1.82, 2.24) is 14.7 Å². The lowest BCUT2D eigenvalue weighted by Crippen LogP contribution is -2.54. The number of hydrogen-bond donors (Lipinski definition) is 0. The molecule has 3 amide bonds. The van der Waals surface area contributed by atoms with Gasteiger partial charge in [-0.2, -0.15) is 0 Å². The molecule has 0 aliphatic carbocycles. The predicted molar refractivity (Wildman–Crippen MR) is 113 cm³/mol. The highest BCUT2D eigenvalue weighted by atomic mass is 35.5. The molecule has 2 saturated heterocycles. The number of carbonyl (C=O) groups excluding carboxylic acids is 3. The minimum absolute atomic E-state index is 0.0494.